The molecule has 32 heavy (non-hydrogen) atoms. The molecular formula is C21H25N3O6S2. The molecule has 9 nitrogen and oxygen atoms in total. The molecule has 0 bridgehead atoms. The number of sulfonamides is 2. The maximum absolute atomic E-state index is 13.5. The van der Waals surface area contributed by atoms with E-state index in [1.807, 2.05) is 24.3 Å². The van der Waals surface area contributed by atoms with Crippen LogP contribution in [0.2, 0.25) is 0 Å². The van der Waals surface area contributed by atoms with E-state index in [9.17, 15) is 21.6 Å². The van der Waals surface area contributed by atoms with E-state index in [1.165, 1.54) is 39.9 Å². The Morgan fingerprint density at radius 2 is 1.47 bits per heavy atom. The lowest BCUT2D eigenvalue weighted by Gasteiger charge is -2.34. The minimum Gasteiger partial charge on any atom is -0.379 e. The Morgan fingerprint density at radius 3 is 2.06 bits per heavy atom. The molecule has 0 aromatic heterocycles. The second-order valence-electron chi connectivity index (χ2n) is 7.64. The highest BCUT2D eigenvalue weighted by molar-refractivity contribution is 7.89. The Hall–Kier alpha value is -2.31. The van der Waals surface area contributed by atoms with E-state index in [0.717, 1.165) is 11.1 Å². The Morgan fingerprint density at radius 1 is 0.906 bits per heavy atom. The topological polar surface area (TPSA) is 113 Å². The second kappa shape index (κ2) is 8.91. The number of likely N-dealkylation sites (N-methyl/N-ethyl adjacent to an activating group) is 1. The molecule has 2 aliphatic heterocycles. The van der Waals surface area contributed by atoms with Gasteiger partial charge in [0.05, 0.1) is 23.0 Å². The van der Waals surface area contributed by atoms with Crippen LogP contribution in [-0.4, -0.2) is 70.7 Å². The van der Waals surface area contributed by atoms with Gasteiger partial charge in [-0.2, -0.15) is 8.61 Å². The maximum atomic E-state index is 13.5. The fourth-order valence-corrected chi connectivity index (χ4v) is 6.97. The zero-order chi connectivity index (χ0) is 22.9. The molecule has 1 amide bonds. The normalized spacial score (nSPS) is 20.5. The third-order valence-corrected chi connectivity index (χ3v) is 9.57. The third-order valence-electron chi connectivity index (χ3n) is 5.79. The molecule has 11 heteroatoms. The number of hydrogen-bond donors (Lipinski definition) is 1. The number of amides is 1. The van der Waals surface area contributed by atoms with Crippen LogP contribution in [0.1, 0.15) is 11.1 Å². The summed E-state index contributed by atoms with van der Waals surface area (Å²) in [7, 11) is -6.32. The van der Waals surface area contributed by atoms with Gasteiger partial charge in [0.1, 0.15) is 6.04 Å². The van der Waals surface area contributed by atoms with Crippen molar-refractivity contribution >= 4 is 26.0 Å². The van der Waals surface area contributed by atoms with Crippen molar-refractivity contribution in [3.8, 4) is 0 Å². The van der Waals surface area contributed by atoms with Gasteiger partial charge in [0.25, 0.3) is 0 Å². The number of nitrogens with one attached hydrogen (secondary N) is 1. The quantitative estimate of drug-likeness (QED) is 0.671. The summed E-state index contributed by atoms with van der Waals surface area (Å²) in [5.74, 6) is -0.394. The average molecular weight is 480 g/mol. The van der Waals surface area contributed by atoms with Crippen LogP contribution < -0.4 is 5.32 Å². The van der Waals surface area contributed by atoms with Crippen LogP contribution in [0.3, 0.4) is 0 Å². The molecule has 1 N–H and O–H groups in total. The first-order valence-corrected chi connectivity index (χ1v) is 13.1. The van der Waals surface area contributed by atoms with Crippen molar-refractivity contribution in [1.82, 2.24) is 13.9 Å². The van der Waals surface area contributed by atoms with Crippen LogP contribution in [0.15, 0.2) is 58.3 Å². The largest absolute Gasteiger partial charge is 0.379 e. The Labute approximate surface area is 188 Å². The number of morpholine rings is 1. The molecule has 2 aromatic rings. The van der Waals surface area contributed by atoms with Crippen molar-refractivity contribution in [2.75, 3.05) is 33.4 Å². The Balaban J connectivity index is 1.65. The van der Waals surface area contributed by atoms with Crippen LogP contribution in [0, 0.1) is 0 Å². The number of benzene rings is 2. The van der Waals surface area contributed by atoms with Crippen molar-refractivity contribution in [2.45, 2.75) is 28.8 Å². The average Bonchev–Trinajstić information content (AvgIpc) is 2.83. The molecule has 0 spiro atoms. The van der Waals surface area contributed by atoms with E-state index < -0.39 is 32.0 Å². The first-order valence-electron chi connectivity index (χ1n) is 10.2. The van der Waals surface area contributed by atoms with Gasteiger partial charge in [0.2, 0.25) is 26.0 Å². The summed E-state index contributed by atoms with van der Waals surface area (Å²) < 4.78 is 60.3. The fourth-order valence-electron chi connectivity index (χ4n) is 4.00. The molecule has 4 rings (SSSR count). The van der Waals surface area contributed by atoms with E-state index in [4.69, 9.17) is 4.74 Å². The molecule has 172 valence electrons. The number of carbonyl (C=O) groups excluding carboxylic acids is 1. The molecule has 0 saturated carbocycles. The van der Waals surface area contributed by atoms with E-state index in [1.54, 1.807) is 0 Å². The zero-order valence-electron chi connectivity index (χ0n) is 17.6. The Bertz CT molecular complexity index is 1210. The fraction of sp³-hybridized carbons (Fsp3) is 0.381. The lowest BCUT2D eigenvalue weighted by molar-refractivity contribution is -0.124. The van der Waals surface area contributed by atoms with Gasteiger partial charge in [0.15, 0.2) is 0 Å². The maximum Gasteiger partial charge on any atom is 0.244 e. The summed E-state index contributed by atoms with van der Waals surface area (Å²) in [4.78, 5) is 12.5. The van der Waals surface area contributed by atoms with Gasteiger partial charge in [-0.1, -0.05) is 24.3 Å². The minimum atomic E-state index is -4.05. The Kier molecular flexibility index (Phi) is 6.37. The van der Waals surface area contributed by atoms with Crippen molar-refractivity contribution in [3.05, 3.63) is 59.7 Å². The smallest absolute Gasteiger partial charge is 0.244 e. The highest BCUT2D eigenvalue weighted by Crippen LogP contribution is 2.30. The van der Waals surface area contributed by atoms with Gasteiger partial charge in [0, 0.05) is 26.7 Å². The van der Waals surface area contributed by atoms with Gasteiger partial charge in [-0.25, -0.2) is 16.8 Å². The number of ether oxygens (including phenoxy) is 1. The zero-order valence-corrected chi connectivity index (χ0v) is 19.2. The third kappa shape index (κ3) is 4.18. The minimum absolute atomic E-state index is 0.0187. The number of nitrogens with zero attached hydrogens (tertiary/aromatic N) is 2. The molecule has 2 aromatic carbocycles. The number of fused-ring (bicyclic) bond motifs is 1. The summed E-state index contributed by atoms with van der Waals surface area (Å²) >= 11 is 0. The molecule has 0 unspecified atom stereocenters. The van der Waals surface area contributed by atoms with E-state index in [0.29, 0.717) is 13.2 Å². The van der Waals surface area contributed by atoms with Crippen molar-refractivity contribution in [3.63, 3.8) is 0 Å². The van der Waals surface area contributed by atoms with Gasteiger partial charge >= 0.3 is 0 Å². The molecule has 1 saturated heterocycles. The van der Waals surface area contributed by atoms with Crippen LogP contribution in [0.25, 0.3) is 0 Å². The molecule has 2 heterocycles. The van der Waals surface area contributed by atoms with Crippen LogP contribution in [0.4, 0.5) is 0 Å². The van der Waals surface area contributed by atoms with Gasteiger partial charge in [-0.05, 0) is 41.8 Å². The van der Waals surface area contributed by atoms with E-state index in [-0.39, 0.29) is 35.8 Å². The van der Waals surface area contributed by atoms with Crippen LogP contribution in [0.5, 0.6) is 0 Å². The van der Waals surface area contributed by atoms with E-state index in [2.05, 4.69) is 5.32 Å². The highest BCUT2D eigenvalue weighted by atomic mass is 32.2. The molecule has 2 aliphatic rings. The van der Waals surface area contributed by atoms with Crippen LogP contribution >= 0.6 is 0 Å². The lowest BCUT2D eigenvalue weighted by atomic mass is 9.95. The molecule has 1 atom stereocenters. The van der Waals surface area contributed by atoms with Crippen molar-refractivity contribution < 1.29 is 26.4 Å². The highest BCUT2D eigenvalue weighted by Gasteiger charge is 2.39. The van der Waals surface area contributed by atoms with E-state index >= 15 is 0 Å². The number of rotatable bonds is 5. The number of hydrogen-bond acceptors (Lipinski definition) is 6. The van der Waals surface area contributed by atoms with Crippen molar-refractivity contribution in [2.24, 2.45) is 0 Å². The molecule has 0 radical (unpaired) electrons. The van der Waals surface area contributed by atoms with Gasteiger partial charge in [-0.3, -0.25) is 4.79 Å². The van der Waals surface area contributed by atoms with Gasteiger partial charge in [-0.15, -0.1) is 0 Å². The monoisotopic (exact) mass is 479 g/mol. The first kappa shape index (κ1) is 22.9. The van der Waals surface area contributed by atoms with Gasteiger partial charge < -0.3 is 10.1 Å². The summed E-state index contributed by atoms with van der Waals surface area (Å²) in [6, 6.07) is 11.7. The number of carbonyl (C=O) groups is 1. The SMILES string of the molecule is CNC(=O)[C@H]1Cc2ccccc2CN1S(=O)(=O)c1ccc(S(=O)(=O)N2CCOCC2)cc1. The summed E-state index contributed by atoms with van der Waals surface area (Å²) in [6.07, 6.45) is 0.262. The molecule has 1 fully saturated rings. The second-order valence-corrected chi connectivity index (χ2v) is 11.5. The van der Waals surface area contributed by atoms with Crippen molar-refractivity contribution in [1.29, 1.82) is 0 Å². The summed E-state index contributed by atoms with van der Waals surface area (Å²) in [5.41, 5.74) is 1.77. The summed E-state index contributed by atoms with van der Waals surface area (Å²) in [5, 5.41) is 2.54. The standard InChI is InChI=1S/C21H25N3O6S2/c1-22-21(25)20-14-16-4-2-3-5-17(16)15-24(20)32(28,29)19-8-6-18(7-9-19)31(26,27)23-10-12-30-13-11-23/h2-9,20H,10-15H2,1H3,(H,22,25)/t20-/m1/s1. The first-order chi connectivity index (χ1) is 15.2. The molecular weight excluding hydrogens is 454 g/mol. The summed E-state index contributed by atoms with van der Waals surface area (Å²) in [6.45, 7) is 1.21. The van der Waals surface area contributed by atoms with Crippen LogP contribution in [-0.2, 0) is 42.5 Å². The predicted octanol–water partition coefficient (Wildman–Crippen LogP) is 0.569. The lowest BCUT2D eigenvalue weighted by Crippen LogP contribution is -2.51. The predicted molar refractivity (Wildman–Crippen MR) is 117 cm³/mol. The molecule has 0 aliphatic carbocycles.